The van der Waals surface area contributed by atoms with Crippen LogP contribution in [0.5, 0.6) is 0 Å². The minimum absolute atomic E-state index is 1.15. The number of benzene rings is 10. The number of hydrogen-bond donors (Lipinski definition) is 0. The molecule has 0 atom stereocenters. The van der Waals surface area contributed by atoms with Crippen LogP contribution >= 0.6 is 11.3 Å². The predicted octanol–water partition coefficient (Wildman–Crippen LogP) is 13.3. The largest absolute Gasteiger partial charge is 0.307 e. The van der Waals surface area contributed by atoms with Crippen molar-refractivity contribution in [3.63, 3.8) is 0 Å². The average molecular weight is 849 g/mol. The second-order valence-electron chi connectivity index (χ2n) is 16.8. The molecule has 3 heterocycles. The fourth-order valence-electron chi connectivity index (χ4n) is 10.7. The van der Waals surface area contributed by atoms with Gasteiger partial charge in [0, 0.05) is 47.4 Å². The molecule has 0 aliphatic heterocycles. The van der Waals surface area contributed by atoms with Crippen LogP contribution in [-0.4, -0.2) is 17.2 Å². The predicted molar refractivity (Wildman–Crippen MR) is 277 cm³/mol. The van der Waals surface area contributed by atoms with Gasteiger partial charge in [0.1, 0.15) is 0 Å². The minimum Gasteiger partial charge on any atom is -0.307 e. The number of aromatic nitrogens is 2. The third-order valence-corrected chi connectivity index (χ3v) is 19.4. The van der Waals surface area contributed by atoms with Gasteiger partial charge in [-0.1, -0.05) is 194 Å². The zero-order valence-electron chi connectivity index (χ0n) is 34.9. The maximum atomic E-state index is 2.53. The van der Waals surface area contributed by atoms with Gasteiger partial charge in [0.05, 0.1) is 27.8 Å². The van der Waals surface area contributed by atoms with Crippen LogP contribution < -0.4 is 20.7 Å². The normalized spacial score (nSPS) is 12.1. The van der Waals surface area contributed by atoms with Gasteiger partial charge in [-0.2, -0.15) is 0 Å². The Bertz CT molecular complexity index is 3800. The summed E-state index contributed by atoms with van der Waals surface area (Å²) in [5.74, 6) is 0. The van der Waals surface area contributed by atoms with Gasteiger partial charge in [0.15, 0.2) is 8.07 Å². The first kappa shape index (κ1) is 36.9. The lowest BCUT2D eigenvalue weighted by Crippen LogP contribution is -2.74. The van der Waals surface area contributed by atoms with Crippen LogP contribution in [-0.2, 0) is 0 Å². The highest BCUT2D eigenvalue weighted by Crippen LogP contribution is 2.42. The Kier molecular flexibility index (Phi) is 8.45. The summed E-state index contributed by atoms with van der Waals surface area (Å²) in [6.07, 6.45) is 0. The Labute approximate surface area is 376 Å². The molecule has 0 saturated heterocycles. The van der Waals surface area contributed by atoms with Crippen LogP contribution in [0, 0.1) is 0 Å². The third kappa shape index (κ3) is 5.50. The summed E-state index contributed by atoms with van der Waals surface area (Å²) < 4.78 is 7.69. The maximum absolute atomic E-state index is 2.80. The van der Waals surface area contributed by atoms with Gasteiger partial charge in [0.2, 0.25) is 0 Å². The topological polar surface area (TPSA) is 9.86 Å². The summed E-state index contributed by atoms with van der Waals surface area (Å²) in [5, 5.41) is 13.0. The van der Waals surface area contributed by atoms with Crippen molar-refractivity contribution in [3.8, 4) is 22.5 Å². The molecule has 0 spiro atoms. The molecule has 300 valence electrons. The lowest BCUT2D eigenvalue weighted by Gasteiger charge is -2.34. The zero-order chi connectivity index (χ0) is 42.2. The van der Waals surface area contributed by atoms with E-state index >= 15 is 0 Å². The second kappa shape index (κ2) is 14.7. The van der Waals surface area contributed by atoms with Crippen LogP contribution in [0.1, 0.15) is 0 Å². The summed E-state index contributed by atoms with van der Waals surface area (Å²) in [7, 11) is -2.80. The standard InChI is InChI=1S/C60H40N2SSi/c1-4-19-44(20-5-1)64(45-21-6-2-7-22-45,46-23-8-3-9-24-46)47-25-16-18-43(40-47)61-54-30-13-11-27-49(54)53-29-17-32-56(60(53)61)62-55-31-14-10-26-48(55)50-36-34-41(38-57(50)62)42-35-37-52-51-28-12-15-33-58(51)63-59(52)39-42/h1-40H. The van der Waals surface area contributed by atoms with E-state index < -0.39 is 8.07 Å². The van der Waals surface area contributed by atoms with E-state index in [1.54, 1.807) is 0 Å². The Morgan fingerprint density at radius 2 is 0.781 bits per heavy atom. The van der Waals surface area contributed by atoms with Gasteiger partial charge in [-0.3, -0.25) is 0 Å². The van der Waals surface area contributed by atoms with Crippen LogP contribution in [0.25, 0.3) is 86.3 Å². The first-order valence-electron chi connectivity index (χ1n) is 22.0. The van der Waals surface area contributed by atoms with Crippen LogP contribution in [0.15, 0.2) is 243 Å². The molecule has 4 heteroatoms. The molecule has 0 aliphatic carbocycles. The lowest BCUT2D eigenvalue weighted by atomic mass is 10.0. The van der Waals surface area contributed by atoms with E-state index in [0.29, 0.717) is 0 Å². The molecule has 13 rings (SSSR count). The van der Waals surface area contributed by atoms with Crippen molar-refractivity contribution >= 4 is 104 Å². The van der Waals surface area contributed by atoms with Crippen molar-refractivity contribution in [2.45, 2.75) is 0 Å². The Morgan fingerprint density at radius 3 is 1.47 bits per heavy atom. The van der Waals surface area contributed by atoms with E-state index in [2.05, 4.69) is 252 Å². The van der Waals surface area contributed by atoms with Crippen molar-refractivity contribution < 1.29 is 0 Å². The smallest absolute Gasteiger partial charge is 0.179 e. The molecule has 3 aromatic heterocycles. The number of rotatable bonds is 7. The Morgan fingerprint density at radius 1 is 0.297 bits per heavy atom. The summed E-state index contributed by atoms with van der Waals surface area (Å²) in [6.45, 7) is 0. The van der Waals surface area contributed by atoms with Crippen molar-refractivity contribution in [2.24, 2.45) is 0 Å². The lowest BCUT2D eigenvalue weighted by molar-refractivity contribution is 1.13. The Hall–Kier alpha value is -7.76. The number of fused-ring (bicyclic) bond motifs is 9. The molecule has 0 saturated carbocycles. The highest BCUT2D eigenvalue weighted by Gasteiger charge is 2.41. The maximum Gasteiger partial charge on any atom is 0.179 e. The fraction of sp³-hybridized carbons (Fsp3) is 0. The molecular weight excluding hydrogens is 809 g/mol. The number of para-hydroxylation sites is 3. The molecule has 2 nitrogen and oxygen atoms in total. The summed E-state index contributed by atoms with van der Waals surface area (Å²) >= 11 is 1.87. The van der Waals surface area contributed by atoms with E-state index in [9.17, 15) is 0 Å². The molecule has 0 amide bonds. The van der Waals surface area contributed by atoms with Crippen molar-refractivity contribution in [3.05, 3.63) is 243 Å². The quantitative estimate of drug-likeness (QED) is 0.112. The van der Waals surface area contributed by atoms with Gasteiger partial charge in [0.25, 0.3) is 0 Å². The van der Waals surface area contributed by atoms with E-state index in [4.69, 9.17) is 0 Å². The summed E-state index contributed by atoms with van der Waals surface area (Å²) in [6, 6.07) is 90.6. The summed E-state index contributed by atoms with van der Waals surface area (Å²) in [4.78, 5) is 0. The third-order valence-electron chi connectivity index (χ3n) is 13.5. The highest BCUT2D eigenvalue weighted by atomic mass is 32.1. The van der Waals surface area contributed by atoms with Gasteiger partial charge in [-0.05, 0) is 80.4 Å². The highest BCUT2D eigenvalue weighted by molar-refractivity contribution is 7.25. The van der Waals surface area contributed by atoms with E-state index in [1.165, 1.54) is 95.7 Å². The molecule has 0 bridgehead atoms. The van der Waals surface area contributed by atoms with Gasteiger partial charge in [-0.25, -0.2) is 0 Å². The van der Waals surface area contributed by atoms with E-state index in [1.807, 2.05) is 11.3 Å². The molecule has 0 aliphatic rings. The molecular formula is C60H40N2SSi. The first-order valence-corrected chi connectivity index (χ1v) is 24.8. The van der Waals surface area contributed by atoms with Crippen LogP contribution in [0.4, 0.5) is 0 Å². The second-order valence-corrected chi connectivity index (χ2v) is 21.7. The summed E-state index contributed by atoms with van der Waals surface area (Å²) in [5.41, 5.74) is 9.49. The molecule has 0 unspecified atom stereocenters. The van der Waals surface area contributed by atoms with Crippen LogP contribution in [0.2, 0.25) is 0 Å². The van der Waals surface area contributed by atoms with Crippen molar-refractivity contribution in [2.75, 3.05) is 0 Å². The Balaban J connectivity index is 1.08. The molecule has 0 N–H and O–H groups in total. The van der Waals surface area contributed by atoms with E-state index in [0.717, 1.165) is 11.4 Å². The van der Waals surface area contributed by atoms with Crippen LogP contribution in [0.3, 0.4) is 0 Å². The molecule has 0 radical (unpaired) electrons. The number of nitrogens with zero attached hydrogens (tertiary/aromatic N) is 2. The fourth-order valence-corrected chi connectivity index (χ4v) is 16.6. The molecule has 64 heavy (non-hydrogen) atoms. The minimum atomic E-state index is -2.80. The SMILES string of the molecule is c1ccc([Si](c2ccccc2)(c2ccccc2)c2cccc(-n3c4ccccc4c4cccc(-n5c6ccccc6c6ccc(-c7ccc8c(c7)sc7ccccc78)cc65)c43)c2)cc1. The number of hydrogen-bond acceptors (Lipinski definition) is 1. The van der Waals surface area contributed by atoms with Gasteiger partial charge in [-0.15, -0.1) is 11.3 Å². The van der Waals surface area contributed by atoms with Gasteiger partial charge < -0.3 is 9.13 Å². The monoisotopic (exact) mass is 848 g/mol. The zero-order valence-corrected chi connectivity index (χ0v) is 36.7. The van der Waals surface area contributed by atoms with Gasteiger partial charge >= 0.3 is 0 Å². The van der Waals surface area contributed by atoms with Crippen molar-refractivity contribution in [1.82, 2.24) is 9.13 Å². The van der Waals surface area contributed by atoms with Crippen molar-refractivity contribution in [1.29, 1.82) is 0 Å². The number of thiophene rings is 1. The van der Waals surface area contributed by atoms with E-state index in [-0.39, 0.29) is 0 Å². The molecule has 10 aromatic carbocycles. The first-order chi connectivity index (χ1) is 31.8. The molecule has 13 aromatic rings. The molecule has 0 fully saturated rings. The average Bonchev–Trinajstić information content (AvgIpc) is 4.03.